The molecule has 0 aliphatic rings. The van der Waals surface area contributed by atoms with Crippen molar-refractivity contribution in [1.29, 1.82) is 0 Å². The zero-order chi connectivity index (χ0) is 21.6. The maximum atomic E-state index is 6.26. The zero-order valence-electron chi connectivity index (χ0n) is 18.4. The smallest absolute Gasteiger partial charge is 0.126 e. The van der Waals surface area contributed by atoms with Crippen LogP contribution in [0, 0.1) is 0 Å². The molecule has 0 aliphatic carbocycles. The summed E-state index contributed by atoms with van der Waals surface area (Å²) in [5.41, 5.74) is 4.54. The summed E-state index contributed by atoms with van der Waals surface area (Å²) in [5.74, 6) is 1.91. The van der Waals surface area contributed by atoms with Crippen molar-refractivity contribution in [2.75, 3.05) is 19.8 Å². The molecule has 0 aromatic heterocycles. The van der Waals surface area contributed by atoms with Crippen LogP contribution in [0.1, 0.15) is 70.6 Å². The predicted molar refractivity (Wildman–Crippen MR) is 124 cm³/mol. The van der Waals surface area contributed by atoms with Crippen LogP contribution in [0.15, 0.2) is 21.8 Å². The van der Waals surface area contributed by atoms with Crippen molar-refractivity contribution >= 4 is 28.9 Å². The van der Waals surface area contributed by atoms with Crippen LogP contribution in [0.2, 0.25) is 0 Å². The monoisotopic (exact) mass is 443 g/mol. The molecule has 0 heterocycles. The minimum Gasteiger partial charge on any atom is -0.493 e. The SMILES string of the molecule is CCc1cc(OCC=C(Cl)Cl)c(CC)c(CC)c1OCCCCCON=C(C)C. The van der Waals surface area contributed by atoms with E-state index in [0.717, 1.165) is 55.7 Å². The van der Waals surface area contributed by atoms with Gasteiger partial charge in [0.05, 0.1) is 12.3 Å². The van der Waals surface area contributed by atoms with Gasteiger partial charge in [-0.1, -0.05) is 49.1 Å². The average Bonchev–Trinajstić information content (AvgIpc) is 2.68. The fourth-order valence-corrected chi connectivity index (χ4v) is 3.24. The third-order valence-electron chi connectivity index (χ3n) is 4.47. The topological polar surface area (TPSA) is 40.0 Å². The number of hydrogen-bond donors (Lipinski definition) is 0. The van der Waals surface area contributed by atoms with Crippen LogP contribution in [0.4, 0.5) is 0 Å². The molecule has 0 amide bonds. The molecule has 0 radical (unpaired) electrons. The maximum Gasteiger partial charge on any atom is 0.126 e. The molecule has 0 fully saturated rings. The first kappa shape index (κ1) is 25.6. The molecule has 1 aromatic carbocycles. The van der Waals surface area contributed by atoms with E-state index in [1.807, 2.05) is 13.8 Å². The Morgan fingerprint density at radius 2 is 1.62 bits per heavy atom. The summed E-state index contributed by atoms with van der Waals surface area (Å²) in [4.78, 5) is 5.24. The highest BCUT2D eigenvalue weighted by molar-refractivity contribution is 6.55. The van der Waals surface area contributed by atoms with Gasteiger partial charge in [-0.05, 0) is 70.1 Å². The first-order chi connectivity index (χ1) is 13.9. The molecular formula is C23H35Cl2NO3. The minimum atomic E-state index is 0.219. The van der Waals surface area contributed by atoms with Crippen LogP contribution >= 0.6 is 23.2 Å². The van der Waals surface area contributed by atoms with Gasteiger partial charge in [0.1, 0.15) is 29.2 Å². The number of oxime groups is 1. The van der Waals surface area contributed by atoms with Crippen LogP contribution in [-0.2, 0) is 24.1 Å². The largest absolute Gasteiger partial charge is 0.493 e. The van der Waals surface area contributed by atoms with E-state index in [-0.39, 0.29) is 4.49 Å². The first-order valence-electron chi connectivity index (χ1n) is 10.5. The lowest BCUT2D eigenvalue weighted by Crippen LogP contribution is -2.08. The number of nitrogens with zero attached hydrogens (tertiary/aromatic N) is 1. The van der Waals surface area contributed by atoms with Crippen LogP contribution in [0.25, 0.3) is 0 Å². The van der Waals surface area contributed by atoms with Gasteiger partial charge in [-0.25, -0.2) is 0 Å². The normalized spacial score (nSPS) is 10.4. The number of aryl methyl sites for hydroxylation is 1. The quantitative estimate of drug-likeness (QED) is 0.176. The molecule has 1 rings (SSSR count). The molecular weight excluding hydrogens is 409 g/mol. The van der Waals surface area contributed by atoms with Gasteiger partial charge in [0.15, 0.2) is 0 Å². The van der Waals surface area contributed by atoms with Crippen molar-refractivity contribution in [3.8, 4) is 11.5 Å². The summed E-state index contributed by atoms with van der Waals surface area (Å²) in [5, 5.41) is 3.95. The highest BCUT2D eigenvalue weighted by Gasteiger charge is 2.17. The van der Waals surface area contributed by atoms with Gasteiger partial charge in [0.2, 0.25) is 0 Å². The lowest BCUT2D eigenvalue weighted by molar-refractivity contribution is 0.138. The van der Waals surface area contributed by atoms with E-state index in [1.54, 1.807) is 6.08 Å². The lowest BCUT2D eigenvalue weighted by Gasteiger charge is -2.21. The summed E-state index contributed by atoms with van der Waals surface area (Å²) in [7, 11) is 0. The molecule has 29 heavy (non-hydrogen) atoms. The predicted octanol–water partition coefficient (Wildman–Crippen LogP) is 7.03. The van der Waals surface area contributed by atoms with Crippen LogP contribution in [0.5, 0.6) is 11.5 Å². The second-order valence-corrected chi connectivity index (χ2v) is 7.97. The Labute approximate surface area is 186 Å². The van der Waals surface area contributed by atoms with Crippen molar-refractivity contribution < 1.29 is 14.3 Å². The molecule has 0 unspecified atom stereocenters. The molecule has 4 nitrogen and oxygen atoms in total. The van der Waals surface area contributed by atoms with Crippen molar-refractivity contribution in [2.24, 2.45) is 5.16 Å². The van der Waals surface area contributed by atoms with Gasteiger partial charge < -0.3 is 14.3 Å². The van der Waals surface area contributed by atoms with E-state index in [9.17, 15) is 0 Å². The first-order valence-corrected chi connectivity index (χ1v) is 11.3. The summed E-state index contributed by atoms with van der Waals surface area (Å²) in [6.07, 6.45) is 7.34. The highest BCUT2D eigenvalue weighted by Crippen LogP contribution is 2.36. The van der Waals surface area contributed by atoms with Gasteiger partial charge in [0, 0.05) is 11.1 Å². The Balaban J connectivity index is 2.78. The van der Waals surface area contributed by atoms with Crippen LogP contribution < -0.4 is 9.47 Å². The molecule has 0 bridgehead atoms. The molecule has 0 spiro atoms. The number of ether oxygens (including phenoxy) is 2. The number of unbranched alkanes of at least 4 members (excludes halogenated alkanes) is 2. The third-order valence-corrected chi connectivity index (χ3v) is 4.78. The van der Waals surface area contributed by atoms with Crippen molar-refractivity contribution in [2.45, 2.75) is 73.1 Å². The van der Waals surface area contributed by atoms with Gasteiger partial charge >= 0.3 is 0 Å². The molecule has 0 atom stereocenters. The van der Waals surface area contributed by atoms with Gasteiger partial charge in [-0.15, -0.1) is 0 Å². The van der Waals surface area contributed by atoms with E-state index in [0.29, 0.717) is 19.8 Å². The van der Waals surface area contributed by atoms with E-state index in [4.69, 9.17) is 37.5 Å². The summed E-state index contributed by atoms with van der Waals surface area (Å²) < 4.78 is 12.4. The number of halogens is 2. The van der Waals surface area contributed by atoms with Crippen molar-refractivity contribution in [1.82, 2.24) is 0 Å². The molecule has 0 saturated carbocycles. The van der Waals surface area contributed by atoms with Crippen molar-refractivity contribution in [3.63, 3.8) is 0 Å². The van der Waals surface area contributed by atoms with E-state index in [2.05, 4.69) is 32.0 Å². The Morgan fingerprint density at radius 3 is 2.21 bits per heavy atom. The Bertz CT molecular complexity index is 679. The summed E-state index contributed by atoms with van der Waals surface area (Å²) in [6, 6.07) is 2.10. The zero-order valence-corrected chi connectivity index (χ0v) is 20.0. The van der Waals surface area contributed by atoms with E-state index >= 15 is 0 Å². The molecule has 0 N–H and O–H groups in total. The fraction of sp³-hybridized carbons (Fsp3) is 0.609. The minimum absolute atomic E-state index is 0.219. The Morgan fingerprint density at radius 1 is 0.931 bits per heavy atom. The van der Waals surface area contributed by atoms with Gasteiger partial charge in [-0.3, -0.25) is 0 Å². The Kier molecular flexibility index (Phi) is 12.9. The third kappa shape index (κ3) is 9.31. The summed E-state index contributed by atoms with van der Waals surface area (Å²) in [6.45, 7) is 12.0. The maximum absolute atomic E-state index is 6.26. The molecule has 0 aliphatic heterocycles. The highest BCUT2D eigenvalue weighted by atomic mass is 35.5. The molecule has 0 saturated heterocycles. The number of hydrogen-bond acceptors (Lipinski definition) is 4. The number of benzene rings is 1. The molecule has 164 valence electrons. The second-order valence-electron chi connectivity index (χ2n) is 6.97. The van der Waals surface area contributed by atoms with Gasteiger partial charge in [0.25, 0.3) is 0 Å². The molecule has 1 aromatic rings. The standard InChI is InChI=1S/C23H35Cl2NO3/c1-6-18-16-21(27-15-12-22(24)25)19(7-2)20(8-3)23(18)28-13-10-9-11-14-29-26-17(4)5/h12,16H,6-11,13-15H2,1-5H3. The Hall–Kier alpha value is -1.39. The van der Waals surface area contributed by atoms with E-state index < -0.39 is 0 Å². The van der Waals surface area contributed by atoms with Crippen LogP contribution in [0.3, 0.4) is 0 Å². The van der Waals surface area contributed by atoms with Crippen LogP contribution in [-0.4, -0.2) is 25.5 Å². The fourth-order valence-electron chi connectivity index (χ4n) is 3.11. The lowest BCUT2D eigenvalue weighted by atomic mass is 9.96. The van der Waals surface area contributed by atoms with Gasteiger partial charge in [-0.2, -0.15) is 0 Å². The van der Waals surface area contributed by atoms with E-state index in [1.165, 1.54) is 16.7 Å². The van der Waals surface area contributed by atoms with Crippen molar-refractivity contribution in [3.05, 3.63) is 33.3 Å². The summed E-state index contributed by atoms with van der Waals surface area (Å²) >= 11 is 11.4. The second kappa shape index (κ2) is 14.6. The average molecular weight is 444 g/mol. The molecule has 6 heteroatoms. The number of rotatable bonds is 14.